The van der Waals surface area contributed by atoms with E-state index >= 15 is 0 Å². The Kier molecular flexibility index (Phi) is 5.59. The number of aryl methyl sites for hydroxylation is 1. The number of hydrogen-bond donors (Lipinski definition) is 1. The first-order chi connectivity index (χ1) is 10.0. The molecule has 0 aliphatic heterocycles. The molecule has 0 saturated heterocycles. The maximum Gasteiger partial charge on any atom is 0.203 e. The molecule has 1 heterocycles. The lowest BCUT2D eigenvalue weighted by Gasteiger charge is -2.11. The molecule has 0 radical (unpaired) electrons. The van der Waals surface area contributed by atoms with Crippen molar-refractivity contribution >= 4 is 34.3 Å². The molecule has 0 fully saturated rings. The number of halogens is 1. The van der Waals surface area contributed by atoms with E-state index in [1.54, 1.807) is 6.21 Å². The first-order valence-electron chi connectivity index (χ1n) is 6.68. The molecule has 4 nitrogen and oxygen atoms in total. The number of hydrazone groups is 1. The summed E-state index contributed by atoms with van der Waals surface area (Å²) in [6.07, 6.45) is 1.69. The van der Waals surface area contributed by atoms with Gasteiger partial charge < -0.3 is 4.74 Å². The number of rotatable bonds is 6. The van der Waals surface area contributed by atoms with Gasteiger partial charge in [-0.3, -0.25) is 5.43 Å². The van der Waals surface area contributed by atoms with Crippen molar-refractivity contribution in [2.24, 2.45) is 11.0 Å². The summed E-state index contributed by atoms with van der Waals surface area (Å²) in [6.45, 7) is 6.81. The van der Waals surface area contributed by atoms with Gasteiger partial charge in [0.15, 0.2) is 0 Å². The SMILES string of the molecule is Cc1csc(NN=Cc2cc(Cl)ccc2OCC(C)C)n1. The fourth-order valence-electron chi connectivity index (χ4n) is 1.57. The predicted molar refractivity (Wildman–Crippen MR) is 89.9 cm³/mol. The Bertz CT molecular complexity index is 625. The minimum absolute atomic E-state index is 0.460. The lowest BCUT2D eigenvalue weighted by atomic mass is 10.2. The molecule has 1 aromatic heterocycles. The summed E-state index contributed by atoms with van der Waals surface area (Å²) in [6, 6.07) is 5.50. The monoisotopic (exact) mass is 323 g/mol. The fraction of sp³-hybridized carbons (Fsp3) is 0.333. The summed E-state index contributed by atoms with van der Waals surface area (Å²) in [5, 5.41) is 7.57. The third kappa shape index (κ3) is 5.02. The van der Waals surface area contributed by atoms with E-state index in [2.05, 4.69) is 29.4 Å². The van der Waals surface area contributed by atoms with Gasteiger partial charge >= 0.3 is 0 Å². The van der Waals surface area contributed by atoms with E-state index in [-0.39, 0.29) is 0 Å². The molecule has 0 bridgehead atoms. The first-order valence-corrected chi connectivity index (χ1v) is 7.94. The molecular formula is C15H18ClN3OS. The van der Waals surface area contributed by atoms with Crippen LogP contribution in [0.2, 0.25) is 5.02 Å². The molecule has 0 aliphatic rings. The van der Waals surface area contributed by atoms with Crippen molar-refractivity contribution in [1.29, 1.82) is 0 Å². The van der Waals surface area contributed by atoms with Gasteiger partial charge in [-0.1, -0.05) is 25.4 Å². The Morgan fingerprint density at radius 1 is 1.48 bits per heavy atom. The zero-order valence-corrected chi connectivity index (χ0v) is 13.8. The maximum atomic E-state index is 6.03. The number of aromatic nitrogens is 1. The highest BCUT2D eigenvalue weighted by atomic mass is 35.5. The molecule has 0 spiro atoms. The third-order valence-electron chi connectivity index (χ3n) is 2.53. The van der Waals surface area contributed by atoms with Gasteiger partial charge in [-0.25, -0.2) is 4.98 Å². The number of anilines is 1. The molecule has 0 amide bonds. The molecular weight excluding hydrogens is 306 g/mol. The van der Waals surface area contributed by atoms with Crippen LogP contribution in [-0.4, -0.2) is 17.8 Å². The maximum absolute atomic E-state index is 6.03. The van der Waals surface area contributed by atoms with E-state index in [4.69, 9.17) is 16.3 Å². The smallest absolute Gasteiger partial charge is 0.203 e. The van der Waals surface area contributed by atoms with Gasteiger partial charge in [-0.15, -0.1) is 11.3 Å². The third-order valence-corrected chi connectivity index (χ3v) is 3.63. The normalized spacial score (nSPS) is 11.3. The highest BCUT2D eigenvalue weighted by molar-refractivity contribution is 7.13. The molecule has 1 N–H and O–H groups in total. The van der Waals surface area contributed by atoms with Crippen LogP contribution in [0.4, 0.5) is 5.13 Å². The van der Waals surface area contributed by atoms with Crippen molar-refractivity contribution in [3.05, 3.63) is 39.9 Å². The molecule has 2 aromatic rings. The lowest BCUT2D eigenvalue weighted by molar-refractivity contribution is 0.271. The average molecular weight is 324 g/mol. The van der Waals surface area contributed by atoms with Crippen LogP contribution in [0.15, 0.2) is 28.7 Å². The minimum atomic E-state index is 0.460. The molecule has 21 heavy (non-hydrogen) atoms. The Hall–Kier alpha value is -1.59. The van der Waals surface area contributed by atoms with Crippen LogP contribution in [-0.2, 0) is 0 Å². The van der Waals surface area contributed by atoms with Gasteiger partial charge in [-0.05, 0) is 31.0 Å². The van der Waals surface area contributed by atoms with Crippen molar-refractivity contribution in [2.75, 3.05) is 12.0 Å². The van der Waals surface area contributed by atoms with Crippen LogP contribution in [0.25, 0.3) is 0 Å². The highest BCUT2D eigenvalue weighted by Crippen LogP contribution is 2.22. The Balaban J connectivity index is 2.08. The zero-order chi connectivity index (χ0) is 15.2. The van der Waals surface area contributed by atoms with E-state index in [1.807, 2.05) is 30.5 Å². The van der Waals surface area contributed by atoms with Crippen LogP contribution in [0, 0.1) is 12.8 Å². The molecule has 0 aliphatic carbocycles. The van der Waals surface area contributed by atoms with Gasteiger partial charge in [0, 0.05) is 16.0 Å². The molecule has 2 rings (SSSR count). The van der Waals surface area contributed by atoms with E-state index < -0.39 is 0 Å². The topological polar surface area (TPSA) is 46.5 Å². The van der Waals surface area contributed by atoms with E-state index in [1.165, 1.54) is 11.3 Å². The molecule has 6 heteroatoms. The molecule has 0 unspecified atom stereocenters. The Morgan fingerprint density at radius 3 is 2.95 bits per heavy atom. The summed E-state index contributed by atoms with van der Waals surface area (Å²) in [7, 11) is 0. The number of benzene rings is 1. The van der Waals surface area contributed by atoms with Crippen LogP contribution < -0.4 is 10.2 Å². The standard InChI is InChI=1S/C15H18ClN3OS/c1-10(2)8-20-14-5-4-13(16)6-12(14)7-17-19-15-18-11(3)9-21-15/h4-7,9-10H,8H2,1-3H3,(H,18,19). The largest absolute Gasteiger partial charge is 0.493 e. The van der Waals surface area contributed by atoms with E-state index in [0.717, 1.165) is 22.1 Å². The van der Waals surface area contributed by atoms with Gasteiger partial charge in [0.25, 0.3) is 0 Å². The van der Waals surface area contributed by atoms with Crippen LogP contribution in [0.1, 0.15) is 25.1 Å². The summed E-state index contributed by atoms with van der Waals surface area (Å²) >= 11 is 7.54. The van der Waals surface area contributed by atoms with Crippen molar-refractivity contribution in [3.8, 4) is 5.75 Å². The van der Waals surface area contributed by atoms with Gasteiger partial charge in [0.05, 0.1) is 18.5 Å². The average Bonchev–Trinajstić information content (AvgIpc) is 2.83. The minimum Gasteiger partial charge on any atom is -0.493 e. The quantitative estimate of drug-likeness (QED) is 0.625. The highest BCUT2D eigenvalue weighted by Gasteiger charge is 2.04. The number of thiazole rings is 1. The second kappa shape index (κ2) is 7.43. The second-order valence-electron chi connectivity index (χ2n) is 5.05. The summed E-state index contributed by atoms with van der Waals surface area (Å²) in [4.78, 5) is 4.28. The molecule has 112 valence electrons. The fourth-order valence-corrected chi connectivity index (χ4v) is 2.39. The Labute approximate surface area is 133 Å². The van der Waals surface area contributed by atoms with Gasteiger partial charge in [-0.2, -0.15) is 5.10 Å². The van der Waals surface area contributed by atoms with E-state index in [0.29, 0.717) is 17.5 Å². The second-order valence-corrected chi connectivity index (χ2v) is 6.35. The van der Waals surface area contributed by atoms with Crippen molar-refractivity contribution in [3.63, 3.8) is 0 Å². The molecule has 1 aromatic carbocycles. The summed E-state index contributed by atoms with van der Waals surface area (Å²) < 4.78 is 5.77. The van der Waals surface area contributed by atoms with Crippen LogP contribution >= 0.6 is 22.9 Å². The first kappa shape index (κ1) is 15.8. The van der Waals surface area contributed by atoms with E-state index in [9.17, 15) is 0 Å². The lowest BCUT2D eigenvalue weighted by Crippen LogP contribution is -2.06. The number of nitrogens with one attached hydrogen (secondary N) is 1. The number of nitrogens with zero attached hydrogens (tertiary/aromatic N) is 2. The van der Waals surface area contributed by atoms with Crippen molar-refractivity contribution in [1.82, 2.24) is 4.98 Å². The molecule has 0 saturated carbocycles. The molecule has 0 atom stereocenters. The number of ether oxygens (including phenoxy) is 1. The van der Waals surface area contributed by atoms with Crippen molar-refractivity contribution in [2.45, 2.75) is 20.8 Å². The van der Waals surface area contributed by atoms with Crippen molar-refractivity contribution < 1.29 is 4.74 Å². The van der Waals surface area contributed by atoms with Crippen LogP contribution in [0.5, 0.6) is 5.75 Å². The summed E-state index contributed by atoms with van der Waals surface area (Å²) in [5.41, 5.74) is 4.71. The van der Waals surface area contributed by atoms with Gasteiger partial charge in [0.1, 0.15) is 5.75 Å². The predicted octanol–water partition coefficient (Wildman–Crippen LogP) is 4.59. The summed E-state index contributed by atoms with van der Waals surface area (Å²) in [5.74, 6) is 1.23. The van der Waals surface area contributed by atoms with Crippen LogP contribution in [0.3, 0.4) is 0 Å². The van der Waals surface area contributed by atoms with Gasteiger partial charge in [0.2, 0.25) is 5.13 Å². The number of hydrogen-bond acceptors (Lipinski definition) is 5. The Morgan fingerprint density at radius 2 is 2.29 bits per heavy atom. The zero-order valence-electron chi connectivity index (χ0n) is 12.3.